The third-order valence-corrected chi connectivity index (χ3v) is 6.61. The summed E-state index contributed by atoms with van der Waals surface area (Å²) in [5.41, 5.74) is 3.88. The first-order valence-electron chi connectivity index (χ1n) is 10.3. The van der Waals surface area contributed by atoms with Crippen LogP contribution >= 0.6 is 11.8 Å². The molecule has 1 aromatic carbocycles. The molecule has 0 saturated heterocycles. The number of benzene rings is 1. The van der Waals surface area contributed by atoms with Gasteiger partial charge in [0.25, 0.3) is 0 Å². The van der Waals surface area contributed by atoms with Crippen LogP contribution in [-0.4, -0.2) is 31.3 Å². The van der Waals surface area contributed by atoms with Gasteiger partial charge in [-0.25, -0.2) is 19.0 Å². The average Bonchev–Trinajstić information content (AvgIpc) is 3.54. The standard InChI is InChI=1S/C23H19FN6S/c24-18-5-3-15(4-6-18)17-11-19-21(26-12-14-1-2-14)30-23(31-22(19)27-13-17)28-20(29-30)16-7-9-25-10-8-16/h3-11,13-14,21,26H,1-2,12H2/t21-/m0/s1. The van der Waals surface area contributed by atoms with Crippen LogP contribution in [0.5, 0.6) is 0 Å². The Hall–Kier alpha value is -3.10. The number of aromatic nitrogens is 5. The molecule has 1 aliphatic carbocycles. The maximum atomic E-state index is 13.4. The molecule has 0 amide bonds. The molecule has 1 atom stereocenters. The molecule has 154 valence electrons. The lowest BCUT2D eigenvalue weighted by Crippen LogP contribution is -2.33. The van der Waals surface area contributed by atoms with Crippen molar-refractivity contribution >= 4 is 11.8 Å². The van der Waals surface area contributed by atoms with E-state index in [0.29, 0.717) is 5.82 Å². The molecule has 31 heavy (non-hydrogen) atoms. The van der Waals surface area contributed by atoms with Crippen molar-refractivity contribution < 1.29 is 4.39 Å². The first-order valence-corrected chi connectivity index (χ1v) is 11.1. The van der Waals surface area contributed by atoms with Crippen molar-refractivity contribution in [2.24, 2.45) is 5.92 Å². The maximum Gasteiger partial charge on any atom is 0.194 e. The largest absolute Gasteiger partial charge is 0.291 e. The Kier molecular flexibility index (Phi) is 4.54. The van der Waals surface area contributed by atoms with Gasteiger partial charge in [-0.1, -0.05) is 12.1 Å². The quantitative estimate of drug-likeness (QED) is 0.501. The van der Waals surface area contributed by atoms with Gasteiger partial charge in [-0.15, -0.1) is 5.10 Å². The summed E-state index contributed by atoms with van der Waals surface area (Å²) in [6.45, 7) is 0.930. The third-order valence-electron chi connectivity index (χ3n) is 5.62. The number of fused-ring (bicyclic) bond motifs is 2. The van der Waals surface area contributed by atoms with Crippen molar-refractivity contribution in [3.8, 4) is 22.5 Å². The summed E-state index contributed by atoms with van der Waals surface area (Å²) in [5, 5.41) is 10.2. The number of hydrogen-bond acceptors (Lipinski definition) is 6. The molecule has 1 aliphatic heterocycles. The molecule has 0 unspecified atom stereocenters. The minimum absolute atomic E-state index is 0.150. The van der Waals surface area contributed by atoms with E-state index < -0.39 is 0 Å². The molecule has 8 heteroatoms. The Morgan fingerprint density at radius 1 is 1.03 bits per heavy atom. The molecule has 0 spiro atoms. The summed E-state index contributed by atoms with van der Waals surface area (Å²) in [5.74, 6) is 1.15. The minimum atomic E-state index is -0.245. The van der Waals surface area contributed by atoms with E-state index in [1.807, 2.05) is 23.0 Å². The van der Waals surface area contributed by atoms with Crippen molar-refractivity contribution in [1.82, 2.24) is 30.0 Å². The summed E-state index contributed by atoms with van der Waals surface area (Å²) < 4.78 is 15.3. The highest BCUT2D eigenvalue weighted by Crippen LogP contribution is 2.41. The van der Waals surface area contributed by atoms with Gasteiger partial charge in [-0.3, -0.25) is 10.3 Å². The fourth-order valence-corrected chi connectivity index (χ4v) is 4.67. The van der Waals surface area contributed by atoms with Crippen LogP contribution < -0.4 is 5.32 Å². The SMILES string of the molecule is Fc1ccc(-c2cnc3c(c2)[C@@H](NCC2CC2)n2nc(-c4ccncc4)nc2S3)cc1. The van der Waals surface area contributed by atoms with Crippen LogP contribution in [0.15, 0.2) is 71.2 Å². The Morgan fingerprint density at radius 2 is 1.84 bits per heavy atom. The summed E-state index contributed by atoms with van der Waals surface area (Å²) in [6, 6.07) is 12.5. The third kappa shape index (κ3) is 3.62. The lowest BCUT2D eigenvalue weighted by atomic mass is 10.0. The van der Waals surface area contributed by atoms with Gasteiger partial charge in [-0.05, 0) is 66.4 Å². The molecule has 4 aromatic rings. The second-order valence-electron chi connectivity index (χ2n) is 7.88. The molecule has 0 radical (unpaired) electrons. The molecular weight excluding hydrogens is 411 g/mol. The molecule has 6 rings (SSSR count). The predicted molar refractivity (Wildman–Crippen MR) is 116 cm³/mol. The van der Waals surface area contributed by atoms with Gasteiger partial charge in [0.1, 0.15) is 17.0 Å². The zero-order valence-electron chi connectivity index (χ0n) is 16.6. The van der Waals surface area contributed by atoms with E-state index in [1.54, 1.807) is 24.5 Å². The molecule has 0 bridgehead atoms. The van der Waals surface area contributed by atoms with Crippen LogP contribution in [0, 0.1) is 11.7 Å². The zero-order valence-corrected chi connectivity index (χ0v) is 17.4. The highest BCUT2D eigenvalue weighted by atomic mass is 32.2. The number of halogens is 1. The van der Waals surface area contributed by atoms with Crippen LogP contribution in [0.4, 0.5) is 4.39 Å². The smallest absolute Gasteiger partial charge is 0.194 e. The van der Waals surface area contributed by atoms with E-state index in [0.717, 1.165) is 44.9 Å². The Bertz CT molecular complexity index is 1240. The van der Waals surface area contributed by atoms with Crippen molar-refractivity contribution in [3.63, 3.8) is 0 Å². The number of nitrogens with one attached hydrogen (secondary N) is 1. The van der Waals surface area contributed by atoms with E-state index in [4.69, 9.17) is 15.1 Å². The monoisotopic (exact) mass is 430 g/mol. The summed E-state index contributed by atoms with van der Waals surface area (Å²) in [7, 11) is 0. The maximum absolute atomic E-state index is 13.4. The fourth-order valence-electron chi connectivity index (χ4n) is 3.74. The normalized spacial score (nSPS) is 17.3. The number of hydrogen-bond donors (Lipinski definition) is 1. The molecular formula is C23H19FN6S. The van der Waals surface area contributed by atoms with E-state index in [-0.39, 0.29) is 12.0 Å². The Balaban J connectivity index is 1.41. The molecule has 1 N–H and O–H groups in total. The Labute approximate surface area is 183 Å². The number of pyridine rings is 2. The van der Waals surface area contributed by atoms with Crippen LogP contribution in [0.3, 0.4) is 0 Å². The molecule has 2 aliphatic rings. The van der Waals surface area contributed by atoms with Crippen molar-refractivity contribution in [2.45, 2.75) is 29.2 Å². The second kappa shape index (κ2) is 7.55. The number of rotatable bonds is 5. The second-order valence-corrected chi connectivity index (χ2v) is 8.84. The molecule has 6 nitrogen and oxygen atoms in total. The van der Waals surface area contributed by atoms with Gasteiger partial charge < -0.3 is 0 Å². The van der Waals surface area contributed by atoms with Crippen molar-refractivity contribution in [3.05, 3.63) is 72.4 Å². The van der Waals surface area contributed by atoms with E-state index >= 15 is 0 Å². The fraction of sp³-hybridized carbons (Fsp3) is 0.217. The molecule has 1 saturated carbocycles. The summed E-state index contributed by atoms with van der Waals surface area (Å²) in [4.78, 5) is 13.6. The number of nitrogens with zero attached hydrogens (tertiary/aromatic N) is 5. The van der Waals surface area contributed by atoms with Crippen LogP contribution in [0.1, 0.15) is 24.6 Å². The summed E-state index contributed by atoms with van der Waals surface area (Å²) in [6.07, 6.45) is 7.71. The molecule has 1 fully saturated rings. The van der Waals surface area contributed by atoms with E-state index in [9.17, 15) is 4.39 Å². The molecule has 4 heterocycles. The van der Waals surface area contributed by atoms with Crippen LogP contribution in [-0.2, 0) is 0 Å². The lowest BCUT2D eigenvalue weighted by Gasteiger charge is -2.26. The van der Waals surface area contributed by atoms with Crippen molar-refractivity contribution in [2.75, 3.05) is 6.54 Å². The van der Waals surface area contributed by atoms with Gasteiger partial charge in [0.15, 0.2) is 11.0 Å². The van der Waals surface area contributed by atoms with Crippen molar-refractivity contribution in [1.29, 1.82) is 0 Å². The van der Waals surface area contributed by atoms with E-state index in [2.05, 4.69) is 16.4 Å². The first kappa shape index (κ1) is 18.7. The van der Waals surface area contributed by atoms with Crippen LogP contribution in [0.25, 0.3) is 22.5 Å². The van der Waals surface area contributed by atoms with Crippen LogP contribution in [0.2, 0.25) is 0 Å². The first-order chi connectivity index (χ1) is 15.2. The highest BCUT2D eigenvalue weighted by Gasteiger charge is 2.32. The predicted octanol–water partition coefficient (Wildman–Crippen LogP) is 4.55. The van der Waals surface area contributed by atoms with Gasteiger partial charge in [0.05, 0.1) is 0 Å². The van der Waals surface area contributed by atoms with Gasteiger partial charge >= 0.3 is 0 Å². The topological polar surface area (TPSA) is 68.5 Å². The minimum Gasteiger partial charge on any atom is -0.291 e. The van der Waals surface area contributed by atoms with Gasteiger partial charge in [0, 0.05) is 41.8 Å². The van der Waals surface area contributed by atoms with Gasteiger partial charge in [0.2, 0.25) is 0 Å². The van der Waals surface area contributed by atoms with Gasteiger partial charge in [-0.2, -0.15) is 0 Å². The summed E-state index contributed by atoms with van der Waals surface area (Å²) >= 11 is 1.52. The lowest BCUT2D eigenvalue weighted by molar-refractivity contribution is 0.381. The average molecular weight is 431 g/mol. The van der Waals surface area contributed by atoms with E-state index in [1.165, 1.54) is 36.7 Å². The molecule has 3 aromatic heterocycles. The zero-order chi connectivity index (χ0) is 20.8. The Morgan fingerprint density at radius 3 is 2.61 bits per heavy atom. The highest BCUT2D eigenvalue weighted by molar-refractivity contribution is 7.99.